The molecule has 3 rings (SSSR count). The van der Waals surface area contributed by atoms with Crippen molar-refractivity contribution in [2.45, 2.75) is 45.6 Å². The Balaban J connectivity index is 1.84. The van der Waals surface area contributed by atoms with E-state index in [0.29, 0.717) is 6.42 Å². The van der Waals surface area contributed by atoms with Gasteiger partial charge >= 0.3 is 0 Å². The average Bonchev–Trinajstić information content (AvgIpc) is 2.94. The van der Waals surface area contributed by atoms with Crippen molar-refractivity contribution in [2.24, 2.45) is 7.05 Å². The molecule has 1 unspecified atom stereocenters. The third kappa shape index (κ3) is 2.27. The fraction of sp³-hybridized carbons (Fsp3) is 0.471. The lowest BCUT2D eigenvalue weighted by Crippen LogP contribution is -2.05. The summed E-state index contributed by atoms with van der Waals surface area (Å²) in [7, 11) is 1.92. The number of aromatic nitrogens is 2. The smallest absolute Gasteiger partial charge is 0.0866 e. The van der Waals surface area contributed by atoms with E-state index in [1.807, 2.05) is 25.6 Å². The monoisotopic (exact) mass is 270 g/mol. The maximum Gasteiger partial charge on any atom is 0.0866 e. The lowest BCUT2D eigenvalue weighted by atomic mass is 9.97. The fourth-order valence-electron chi connectivity index (χ4n) is 3.35. The second kappa shape index (κ2) is 5.06. The van der Waals surface area contributed by atoms with Crippen LogP contribution in [-0.4, -0.2) is 14.9 Å². The molecule has 0 spiro atoms. The molecule has 20 heavy (non-hydrogen) atoms. The Bertz CT molecular complexity index is 643. The van der Waals surface area contributed by atoms with E-state index in [1.165, 1.54) is 36.0 Å². The summed E-state index contributed by atoms with van der Waals surface area (Å²) in [5, 5.41) is 14.9. The molecule has 1 atom stereocenters. The molecule has 0 bridgehead atoms. The van der Waals surface area contributed by atoms with Gasteiger partial charge in [-0.05, 0) is 49.8 Å². The van der Waals surface area contributed by atoms with Crippen LogP contribution in [0.15, 0.2) is 18.2 Å². The van der Waals surface area contributed by atoms with E-state index in [9.17, 15) is 5.11 Å². The maximum atomic E-state index is 10.5. The Morgan fingerprint density at radius 2 is 2.00 bits per heavy atom. The minimum absolute atomic E-state index is 0.469. The van der Waals surface area contributed by atoms with Gasteiger partial charge in [-0.3, -0.25) is 4.68 Å². The Labute approximate surface area is 120 Å². The molecule has 1 heterocycles. The molecule has 1 aromatic heterocycles. The molecule has 0 fully saturated rings. The summed E-state index contributed by atoms with van der Waals surface area (Å²) in [5.41, 5.74) is 7.13. The number of aliphatic hydroxyl groups excluding tert-OH is 1. The van der Waals surface area contributed by atoms with Gasteiger partial charge in [0.15, 0.2) is 0 Å². The van der Waals surface area contributed by atoms with Crippen LogP contribution in [0.25, 0.3) is 0 Å². The number of hydrogen-bond acceptors (Lipinski definition) is 2. The summed E-state index contributed by atoms with van der Waals surface area (Å²) in [6.45, 7) is 3.98. The third-order valence-corrected chi connectivity index (χ3v) is 4.49. The third-order valence-electron chi connectivity index (χ3n) is 4.49. The predicted molar refractivity (Wildman–Crippen MR) is 79.8 cm³/mol. The highest BCUT2D eigenvalue weighted by molar-refractivity contribution is 5.36. The molecule has 3 heteroatoms. The predicted octanol–water partition coefficient (Wildman–Crippen LogP) is 2.80. The summed E-state index contributed by atoms with van der Waals surface area (Å²) in [4.78, 5) is 0. The van der Waals surface area contributed by atoms with Crippen molar-refractivity contribution < 1.29 is 5.11 Å². The first-order chi connectivity index (χ1) is 9.56. The Morgan fingerprint density at radius 1 is 1.25 bits per heavy atom. The van der Waals surface area contributed by atoms with E-state index in [1.54, 1.807) is 0 Å². The molecule has 106 valence electrons. The largest absolute Gasteiger partial charge is 0.388 e. The van der Waals surface area contributed by atoms with Crippen molar-refractivity contribution in [1.82, 2.24) is 9.78 Å². The van der Waals surface area contributed by atoms with Crippen LogP contribution in [0.3, 0.4) is 0 Å². The van der Waals surface area contributed by atoms with Gasteiger partial charge in [-0.25, -0.2) is 0 Å². The molecule has 0 saturated heterocycles. The van der Waals surface area contributed by atoms with Crippen molar-refractivity contribution >= 4 is 0 Å². The van der Waals surface area contributed by atoms with Crippen LogP contribution in [0.2, 0.25) is 0 Å². The van der Waals surface area contributed by atoms with Gasteiger partial charge in [0, 0.05) is 24.7 Å². The van der Waals surface area contributed by atoms with Gasteiger partial charge in [-0.15, -0.1) is 0 Å². The topological polar surface area (TPSA) is 38.0 Å². The lowest BCUT2D eigenvalue weighted by molar-refractivity contribution is 0.177. The fourth-order valence-corrected chi connectivity index (χ4v) is 3.35. The van der Waals surface area contributed by atoms with E-state index in [-0.39, 0.29) is 0 Å². The van der Waals surface area contributed by atoms with Gasteiger partial charge in [0.05, 0.1) is 11.8 Å². The zero-order valence-corrected chi connectivity index (χ0v) is 12.5. The number of hydrogen-bond donors (Lipinski definition) is 1. The average molecular weight is 270 g/mol. The highest BCUT2D eigenvalue weighted by atomic mass is 16.3. The molecule has 1 N–H and O–H groups in total. The van der Waals surface area contributed by atoms with E-state index in [4.69, 9.17) is 0 Å². The molecule has 3 nitrogen and oxygen atoms in total. The molecule has 0 saturated carbocycles. The van der Waals surface area contributed by atoms with E-state index in [0.717, 1.165) is 17.0 Å². The van der Waals surface area contributed by atoms with Crippen LogP contribution < -0.4 is 0 Å². The summed E-state index contributed by atoms with van der Waals surface area (Å²) in [5.74, 6) is 0. The van der Waals surface area contributed by atoms with Gasteiger partial charge < -0.3 is 5.11 Å². The van der Waals surface area contributed by atoms with Crippen LogP contribution >= 0.6 is 0 Å². The molecule has 1 aliphatic rings. The highest BCUT2D eigenvalue weighted by Crippen LogP contribution is 2.27. The van der Waals surface area contributed by atoms with Gasteiger partial charge in [0.1, 0.15) is 0 Å². The zero-order valence-electron chi connectivity index (χ0n) is 12.5. The van der Waals surface area contributed by atoms with Crippen LogP contribution in [0.1, 0.15) is 46.2 Å². The van der Waals surface area contributed by atoms with Crippen LogP contribution in [0.5, 0.6) is 0 Å². The van der Waals surface area contributed by atoms with Gasteiger partial charge in [0.25, 0.3) is 0 Å². The van der Waals surface area contributed by atoms with E-state index >= 15 is 0 Å². The molecule has 1 aromatic carbocycles. The summed E-state index contributed by atoms with van der Waals surface area (Å²) in [6.07, 6.45) is 3.86. The van der Waals surface area contributed by atoms with Crippen molar-refractivity contribution in [3.8, 4) is 0 Å². The molecule has 0 aliphatic heterocycles. The lowest BCUT2D eigenvalue weighted by Gasteiger charge is -2.13. The number of benzene rings is 1. The molecule has 0 amide bonds. The van der Waals surface area contributed by atoms with Crippen LogP contribution in [-0.2, 0) is 26.3 Å². The van der Waals surface area contributed by atoms with Crippen LogP contribution in [0, 0.1) is 13.8 Å². The first-order valence-electron chi connectivity index (χ1n) is 7.35. The van der Waals surface area contributed by atoms with Crippen molar-refractivity contribution in [3.63, 3.8) is 0 Å². The second-order valence-electron chi connectivity index (χ2n) is 5.88. The van der Waals surface area contributed by atoms with E-state index in [2.05, 4.69) is 23.3 Å². The quantitative estimate of drug-likeness (QED) is 0.931. The van der Waals surface area contributed by atoms with Gasteiger partial charge in [-0.1, -0.05) is 18.2 Å². The molecular weight excluding hydrogens is 248 g/mol. The maximum absolute atomic E-state index is 10.5. The number of aliphatic hydroxyl groups is 1. The van der Waals surface area contributed by atoms with Gasteiger partial charge in [-0.2, -0.15) is 5.10 Å². The van der Waals surface area contributed by atoms with Crippen LogP contribution in [0.4, 0.5) is 0 Å². The summed E-state index contributed by atoms with van der Waals surface area (Å²) in [6, 6.07) is 6.66. The van der Waals surface area contributed by atoms with Crippen molar-refractivity contribution in [3.05, 3.63) is 51.8 Å². The summed E-state index contributed by atoms with van der Waals surface area (Å²) < 4.78 is 1.84. The Morgan fingerprint density at radius 3 is 2.70 bits per heavy atom. The Kier molecular flexibility index (Phi) is 3.38. The minimum atomic E-state index is -0.469. The van der Waals surface area contributed by atoms with Crippen molar-refractivity contribution in [2.75, 3.05) is 0 Å². The second-order valence-corrected chi connectivity index (χ2v) is 5.88. The number of fused-ring (bicyclic) bond motifs is 1. The first-order valence-corrected chi connectivity index (χ1v) is 7.35. The normalized spacial score (nSPS) is 15.4. The van der Waals surface area contributed by atoms with Gasteiger partial charge in [0.2, 0.25) is 0 Å². The number of rotatable bonds is 3. The zero-order chi connectivity index (χ0) is 14.3. The van der Waals surface area contributed by atoms with Crippen molar-refractivity contribution in [1.29, 1.82) is 0 Å². The first kappa shape index (κ1) is 13.4. The molecule has 0 radical (unpaired) electrons. The minimum Gasteiger partial charge on any atom is -0.388 e. The molecular formula is C17H22N2O. The number of aryl methyl sites for hydroxylation is 4. The SMILES string of the molecule is Cc1nn(C)c(C)c1C(O)Cc1ccc2c(c1)CCC2. The Hall–Kier alpha value is -1.61. The molecule has 1 aliphatic carbocycles. The van der Waals surface area contributed by atoms with E-state index < -0.39 is 6.10 Å². The summed E-state index contributed by atoms with van der Waals surface area (Å²) >= 11 is 0. The number of nitrogens with zero attached hydrogens (tertiary/aromatic N) is 2. The highest BCUT2D eigenvalue weighted by Gasteiger charge is 2.19. The standard InChI is InChI=1S/C17H22N2O/c1-11-17(12(2)19(3)18-11)16(20)10-13-7-8-14-5-4-6-15(14)9-13/h7-9,16,20H,4-6,10H2,1-3H3. The molecule has 2 aromatic rings.